The van der Waals surface area contributed by atoms with Gasteiger partial charge in [0, 0.05) is 23.2 Å². The second-order valence-electron chi connectivity index (χ2n) is 8.62. The molecule has 1 saturated carbocycles. The number of benzene rings is 2. The summed E-state index contributed by atoms with van der Waals surface area (Å²) >= 11 is 0. The van der Waals surface area contributed by atoms with Crippen LogP contribution in [-0.2, 0) is 16.6 Å². The van der Waals surface area contributed by atoms with Gasteiger partial charge in [0.15, 0.2) is 5.78 Å². The van der Waals surface area contributed by atoms with E-state index in [1.807, 2.05) is 61.7 Å². The van der Waals surface area contributed by atoms with Crippen molar-refractivity contribution in [2.24, 2.45) is 17.8 Å². The van der Waals surface area contributed by atoms with Crippen molar-refractivity contribution in [3.05, 3.63) is 83.7 Å². The number of ketones is 1. The van der Waals surface area contributed by atoms with Crippen molar-refractivity contribution in [2.75, 3.05) is 5.32 Å². The number of anilines is 2. The molecule has 5 rings (SSSR count). The lowest BCUT2D eigenvalue weighted by atomic mass is 9.51. The summed E-state index contributed by atoms with van der Waals surface area (Å²) in [5, 5.41) is 13.1. The number of hydrogen-bond acceptors (Lipinski definition) is 5. The largest absolute Gasteiger partial charge is 0.324 e. The Morgan fingerprint density at radius 3 is 2.52 bits per heavy atom. The number of para-hydroxylation sites is 1. The first-order valence-electron chi connectivity index (χ1n) is 10.8. The van der Waals surface area contributed by atoms with Crippen molar-refractivity contribution in [3.63, 3.8) is 0 Å². The summed E-state index contributed by atoms with van der Waals surface area (Å²) < 4.78 is 0. The molecular formula is C26H24N4O. The third-order valence-electron chi connectivity index (χ3n) is 7.04. The Labute approximate surface area is 182 Å². The van der Waals surface area contributed by atoms with Gasteiger partial charge < -0.3 is 5.32 Å². The first kappa shape index (κ1) is 19.4. The topological polar surface area (TPSA) is 78.7 Å². The third kappa shape index (κ3) is 3.11. The van der Waals surface area contributed by atoms with Crippen molar-refractivity contribution >= 4 is 17.4 Å². The van der Waals surface area contributed by atoms with Gasteiger partial charge >= 0.3 is 0 Å². The van der Waals surface area contributed by atoms with Gasteiger partial charge in [-0.15, -0.1) is 0 Å². The lowest BCUT2D eigenvalue weighted by Crippen LogP contribution is -2.53. The molecule has 1 heterocycles. The van der Waals surface area contributed by atoms with Crippen LogP contribution in [0.15, 0.2) is 66.9 Å². The highest BCUT2D eigenvalue weighted by Gasteiger charge is 2.56. The van der Waals surface area contributed by atoms with E-state index >= 15 is 0 Å². The SMILES string of the molecule is C[C@@H]1C(=O)C(C#N)C[C@]2(c3ccccc3)c3nc(Nc4ccccc4)ncc3CC[C@@H]12. The summed E-state index contributed by atoms with van der Waals surface area (Å²) in [4.78, 5) is 22.5. The molecule has 3 aromatic rings. The summed E-state index contributed by atoms with van der Waals surface area (Å²) in [6.45, 7) is 1.99. The van der Waals surface area contributed by atoms with Gasteiger partial charge in [0.1, 0.15) is 5.92 Å². The molecule has 31 heavy (non-hydrogen) atoms. The van der Waals surface area contributed by atoms with Gasteiger partial charge in [-0.2, -0.15) is 5.26 Å². The molecule has 0 amide bonds. The minimum absolute atomic E-state index is 0.0687. The molecule has 2 aromatic carbocycles. The van der Waals surface area contributed by atoms with E-state index in [1.165, 1.54) is 0 Å². The molecule has 0 spiro atoms. The fraction of sp³-hybridized carbons (Fsp3) is 0.308. The van der Waals surface area contributed by atoms with Gasteiger partial charge in [-0.3, -0.25) is 4.79 Å². The average Bonchev–Trinajstić information content (AvgIpc) is 2.82. The van der Waals surface area contributed by atoms with E-state index in [0.29, 0.717) is 12.4 Å². The molecule has 2 aliphatic rings. The maximum atomic E-state index is 12.9. The number of carbonyl (C=O) groups is 1. The predicted molar refractivity (Wildman–Crippen MR) is 119 cm³/mol. The Morgan fingerprint density at radius 2 is 1.81 bits per heavy atom. The monoisotopic (exact) mass is 408 g/mol. The Morgan fingerprint density at radius 1 is 1.10 bits per heavy atom. The number of hydrogen-bond donors (Lipinski definition) is 1. The van der Waals surface area contributed by atoms with Gasteiger partial charge in [0.25, 0.3) is 0 Å². The maximum absolute atomic E-state index is 12.9. The van der Waals surface area contributed by atoms with Crippen LogP contribution in [0.25, 0.3) is 0 Å². The van der Waals surface area contributed by atoms with Crippen molar-refractivity contribution in [2.45, 2.75) is 31.6 Å². The fourth-order valence-electron chi connectivity index (χ4n) is 5.60. The lowest BCUT2D eigenvalue weighted by Gasteiger charge is -2.51. The van der Waals surface area contributed by atoms with Crippen LogP contribution in [0, 0.1) is 29.1 Å². The van der Waals surface area contributed by atoms with Gasteiger partial charge in [0.2, 0.25) is 5.95 Å². The van der Waals surface area contributed by atoms with Crippen LogP contribution in [0.2, 0.25) is 0 Å². The molecule has 0 saturated heterocycles. The van der Waals surface area contributed by atoms with Crippen LogP contribution in [-0.4, -0.2) is 15.8 Å². The van der Waals surface area contributed by atoms with Crippen LogP contribution in [0.4, 0.5) is 11.6 Å². The van der Waals surface area contributed by atoms with Crippen molar-refractivity contribution in [3.8, 4) is 6.07 Å². The number of nitriles is 1. The third-order valence-corrected chi connectivity index (χ3v) is 7.04. The zero-order chi connectivity index (χ0) is 21.4. The Balaban J connectivity index is 1.69. The highest BCUT2D eigenvalue weighted by molar-refractivity contribution is 5.87. The maximum Gasteiger partial charge on any atom is 0.227 e. The summed E-state index contributed by atoms with van der Waals surface area (Å²) in [6, 6.07) is 22.4. The zero-order valence-corrected chi connectivity index (χ0v) is 17.5. The minimum atomic E-state index is -0.627. The van der Waals surface area contributed by atoms with Gasteiger partial charge in [-0.25, -0.2) is 9.97 Å². The second-order valence-corrected chi connectivity index (χ2v) is 8.62. The number of Topliss-reactive ketones (excluding diaryl/α,β-unsaturated/α-hetero) is 1. The standard InChI is InChI=1S/C26H24N4O/c1-17-22-13-12-18-16-28-25(29-21-10-6-3-7-11-21)30-24(18)26(22,14-19(15-27)23(17)31)20-8-4-2-5-9-20/h2-11,16-17,19,22H,12-14H2,1H3,(H,28,29,30)/t17-,19?,22-,26+/m0/s1. The lowest BCUT2D eigenvalue weighted by molar-refractivity contribution is -0.131. The molecular weight excluding hydrogens is 384 g/mol. The highest BCUT2D eigenvalue weighted by atomic mass is 16.1. The molecule has 1 fully saturated rings. The molecule has 1 aromatic heterocycles. The Bertz CT molecular complexity index is 1160. The number of carbonyl (C=O) groups excluding carboxylic acids is 1. The highest BCUT2D eigenvalue weighted by Crippen LogP contribution is 2.55. The summed E-state index contributed by atoms with van der Waals surface area (Å²) in [6.07, 6.45) is 4.12. The molecule has 154 valence electrons. The zero-order valence-electron chi connectivity index (χ0n) is 17.5. The van der Waals surface area contributed by atoms with E-state index < -0.39 is 11.3 Å². The smallest absolute Gasteiger partial charge is 0.227 e. The molecule has 1 N–H and O–H groups in total. The summed E-state index contributed by atoms with van der Waals surface area (Å²) in [5.41, 5.74) is 3.65. The molecule has 4 atom stereocenters. The first-order valence-corrected chi connectivity index (χ1v) is 10.8. The van der Waals surface area contributed by atoms with Crippen LogP contribution >= 0.6 is 0 Å². The van der Waals surface area contributed by atoms with E-state index in [9.17, 15) is 10.1 Å². The van der Waals surface area contributed by atoms with Crippen molar-refractivity contribution in [1.82, 2.24) is 9.97 Å². The van der Waals surface area contributed by atoms with Crippen LogP contribution in [0.1, 0.15) is 36.6 Å². The predicted octanol–water partition coefficient (Wildman–Crippen LogP) is 4.82. The molecule has 0 radical (unpaired) electrons. The summed E-state index contributed by atoms with van der Waals surface area (Å²) in [5.74, 6) is -0.0951. The first-order chi connectivity index (χ1) is 15.1. The fourth-order valence-corrected chi connectivity index (χ4v) is 5.60. The number of rotatable bonds is 3. The molecule has 5 nitrogen and oxygen atoms in total. The minimum Gasteiger partial charge on any atom is -0.324 e. The van der Waals surface area contributed by atoms with Crippen LogP contribution in [0.3, 0.4) is 0 Å². The second kappa shape index (κ2) is 7.63. The van der Waals surface area contributed by atoms with Crippen molar-refractivity contribution < 1.29 is 4.79 Å². The van der Waals surface area contributed by atoms with Crippen molar-refractivity contribution in [1.29, 1.82) is 5.26 Å². The Kier molecular flexibility index (Phi) is 4.78. The van der Waals surface area contributed by atoms with Crippen LogP contribution in [0.5, 0.6) is 0 Å². The molecule has 1 unspecified atom stereocenters. The summed E-state index contributed by atoms with van der Waals surface area (Å²) in [7, 11) is 0. The van der Waals surface area contributed by atoms with E-state index in [0.717, 1.165) is 35.3 Å². The number of aromatic nitrogens is 2. The van der Waals surface area contributed by atoms with E-state index in [-0.39, 0.29) is 17.6 Å². The van der Waals surface area contributed by atoms with Crippen LogP contribution < -0.4 is 5.32 Å². The van der Waals surface area contributed by atoms with Gasteiger partial charge in [-0.05, 0) is 48.4 Å². The molecule has 5 heteroatoms. The van der Waals surface area contributed by atoms with Gasteiger partial charge in [-0.1, -0.05) is 55.5 Å². The molecule has 0 bridgehead atoms. The van der Waals surface area contributed by atoms with E-state index in [1.54, 1.807) is 0 Å². The van der Waals surface area contributed by atoms with E-state index in [2.05, 4.69) is 28.5 Å². The quantitative estimate of drug-likeness (QED) is 0.672. The van der Waals surface area contributed by atoms with Gasteiger partial charge in [0.05, 0.1) is 11.8 Å². The number of fused-ring (bicyclic) bond motifs is 3. The molecule has 0 aliphatic heterocycles. The molecule has 2 aliphatic carbocycles. The number of aryl methyl sites for hydroxylation is 1. The van der Waals surface area contributed by atoms with E-state index in [4.69, 9.17) is 4.98 Å². The number of nitrogens with one attached hydrogen (secondary N) is 1. The Hall–Kier alpha value is -3.52. The normalized spacial score (nSPS) is 27.0. The average molecular weight is 409 g/mol. The number of nitrogens with zero attached hydrogens (tertiary/aromatic N) is 3.